The molecule has 1 aliphatic rings. The smallest absolute Gasteiger partial charge is 0.258 e. The van der Waals surface area contributed by atoms with E-state index in [0.29, 0.717) is 36.2 Å². The lowest BCUT2D eigenvalue weighted by Gasteiger charge is -2.30. The first-order chi connectivity index (χ1) is 15.1. The first kappa shape index (κ1) is 22.2. The van der Waals surface area contributed by atoms with Gasteiger partial charge in [0.2, 0.25) is 0 Å². The highest BCUT2D eigenvalue weighted by molar-refractivity contribution is 7.91. The molecule has 0 unspecified atom stereocenters. The molecule has 166 valence electrons. The van der Waals surface area contributed by atoms with Crippen LogP contribution in [0.2, 0.25) is 0 Å². The van der Waals surface area contributed by atoms with Crippen molar-refractivity contribution in [2.45, 2.75) is 28.4 Å². The maximum Gasteiger partial charge on any atom is 0.258 e. The normalized spacial score (nSPS) is 14.1. The Morgan fingerprint density at radius 1 is 0.875 bits per heavy atom. The largest absolute Gasteiger partial charge is 0.308 e. The van der Waals surface area contributed by atoms with Gasteiger partial charge in [0.25, 0.3) is 5.91 Å². The first-order valence-corrected chi connectivity index (χ1v) is 13.7. The Hall–Kier alpha value is -2.97. The number of hydrogen-bond acceptors (Lipinski definition) is 5. The minimum atomic E-state index is -3.53. The number of fused-ring (bicyclic) bond motifs is 1. The Labute approximate surface area is 188 Å². The zero-order chi connectivity index (χ0) is 22.9. The predicted molar refractivity (Wildman–Crippen MR) is 123 cm³/mol. The van der Waals surface area contributed by atoms with Crippen molar-refractivity contribution in [3.8, 4) is 0 Å². The van der Waals surface area contributed by atoms with Crippen molar-refractivity contribution in [3.05, 3.63) is 89.5 Å². The van der Waals surface area contributed by atoms with E-state index in [0.717, 1.165) is 11.8 Å². The van der Waals surface area contributed by atoms with Gasteiger partial charge in [-0.1, -0.05) is 30.3 Å². The van der Waals surface area contributed by atoms with Crippen molar-refractivity contribution in [1.29, 1.82) is 0 Å². The molecule has 0 N–H and O–H groups in total. The SMILES string of the molecule is CS(=O)(=O)c1ccc2c(c1)CCCN2C(=O)c1cccc(CS(=O)(=O)c2ccccc2)c1. The maximum absolute atomic E-state index is 13.3. The highest BCUT2D eigenvalue weighted by Gasteiger charge is 2.25. The molecule has 1 amide bonds. The molecular formula is C24H23NO5S2. The average Bonchev–Trinajstić information content (AvgIpc) is 2.77. The summed E-state index contributed by atoms with van der Waals surface area (Å²) in [5.74, 6) is -0.441. The summed E-state index contributed by atoms with van der Waals surface area (Å²) in [4.78, 5) is 15.4. The summed E-state index contributed by atoms with van der Waals surface area (Å²) in [7, 11) is -6.86. The number of nitrogens with zero attached hydrogens (tertiary/aromatic N) is 1. The van der Waals surface area contributed by atoms with E-state index in [-0.39, 0.29) is 21.5 Å². The van der Waals surface area contributed by atoms with Gasteiger partial charge >= 0.3 is 0 Å². The van der Waals surface area contributed by atoms with Crippen molar-refractivity contribution in [2.24, 2.45) is 0 Å². The number of amides is 1. The number of carbonyl (C=O) groups is 1. The molecule has 1 heterocycles. The van der Waals surface area contributed by atoms with E-state index < -0.39 is 19.7 Å². The molecule has 3 aromatic rings. The molecule has 0 aliphatic carbocycles. The Morgan fingerprint density at radius 2 is 1.62 bits per heavy atom. The molecule has 0 bridgehead atoms. The summed E-state index contributed by atoms with van der Waals surface area (Å²) in [5.41, 5.74) is 2.43. The minimum Gasteiger partial charge on any atom is -0.308 e. The average molecular weight is 470 g/mol. The summed E-state index contributed by atoms with van der Waals surface area (Å²) in [6.45, 7) is 0.511. The third kappa shape index (κ3) is 4.61. The number of benzene rings is 3. The highest BCUT2D eigenvalue weighted by atomic mass is 32.2. The van der Waals surface area contributed by atoms with Crippen LogP contribution in [-0.4, -0.2) is 35.5 Å². The molecular weight excluding hydrogens is 446 g/mol. The van der Waals surface area contributed by atoms with Crippen molar-refractivity contribution in [3.63, 3.8) is 0 Å². The lowest BCUT2D eigenvalue weighted by molar-refractivity contribution is 0.0985. The van der Waals surface area contributed by atoms with E-state index in [9.17, 15) is 21.6 Å². The van der Waals surface area contributed by atoms with E-state index in [4.69, 9.17) is 0 Å². The molecule has 1 aliphatic heterocycles. The fourth-order valence-corrected chi connectivity index (χ4v) is 5.92. The van der Waals surface area contributed by atoms with Gasteiger partial charge in [-0.2, -0.15) is 0 Å². The minimum absolute atomic E-state index is 0.202. The number of carbonyl (C=O) groups excluding carboxylic acids is 1. The van der Waals surface area contributed by atoms with Crippen LogP contribution < -0.4 is 4.90 Å². The van der Waals surface area contributed by atoms with Crippen LogP contribution in [0.1, 0.15) is 27.9 Å². The van der Waals surface area contributed by atoms with Crippen LogP contribution in [0.15, 0.2) is 82.6 Å². The van der Waals surface area contributed by atoms with Gasteiger partial charge in [-0.3, -0.25) is 4.79 Å². The molecule has 0 radical (unpaired) electrons. The zero-order valence-electron chi connectivity index (χ0n) is 17.6. The summed E-state index contributed by atoms with van der Waals surface area (Å²) in [5, 5.41) is 0. The fraction of sp³-hybridized carbons (Fsp3) is 0.208. The molecule has 32 heavy (non-hydrogen) atoms. The maximum atomic E-state index is 13.3. The molecule has 0 spiro atoms. The molecule has 0 aromatic heterocycles. The number of rotatable bonds is 5. The second-order valence-corrected chi connectivity index (χ2v) is 11.9. The van der Waals surface area contributed by atoms with Crippen LogP contribution in [-0.2, 0) is 31.8 Å². The van der Waals surface area contributed by atoms with E-state index in [2.05, 4.69) is 0 Å². The molecule has 0 fully saturated rings. The van der Waals surface area contributed by atoms with Gasteiger partial charge in [-0.15, -0.1) is 0 Å². The van der Waals surface area contributed by atoms with Crippen LogP contribution in [0.3, 0.4) is 0 Å². The monoisotopic (exact) mass is 469 g/mol. The molecule has 0 saturated heterocycles. The third-order valence-corrected chi connectivity index (χ3v) is 8.29. The lowest BCUT2D eigenvalue weighted by atomic mass is 10.0. The molecule has 4 rings (SSSR count). The number of sulfone groups is 2. The van der Waals surface area contributed by atoms with E-state index in [1.807, 2.05) is 0 Å². The van der Waals surface area contributed by atoms with Gasteiger partial charge in [0.05, 0.1) is 15.5 Å². The topological polar surface area (TPSA) is 88.6 Å². The van der Waals surface area contributed by atoms with Crippen LogP contribution in [0.5, 0.6) is 0 Å². The summed E-state index contributed by atoms with van der Waals surface area (Å²) < 4.78 is 49.2. The zero-order valence-corrected chi connectivity index (χ0v) is 19.2. The second-order valence-electron chi connectivity index (χ2n) is 7.90. The first-order valence-electron chi connectivity index (χ1n) is 10.2. The van der Waals surface area contributed by atoms with Crippen molar-refractivity contribution in [2.75, 3.05) is 17.7 Å². The van der Waals surface area contributed by atoms with Crippen LogP contribution in [0, 0.1) is 0 Å². The Kier molecular flexibility index (Phi) is 5.92. The quantitative estimate of drug-likeness (QED) is 0.569. The van der Waals surface area contributed by atoms with Gasteiger partial charge in [0.15, 0.2) is 19.7 Å². The standard InChI is InChI=1S/C24H23NO5S2/c1-31(27,28)22-12-13-23-19(16-22)9-6-14-25(23)24(26)20-8-5-7-18(15-20)17-32(29,30)21-10-3-2-4-11-21/h2-5,7-8,10-13,15-16H,6,9,14,17H2,1H3. The van der Waals surface area contributed by atoms with Gasteiger partial charge < -0.3 is 4.90 Å². The summed E-state index contributed by atoms with van der Waals surface area (Å²) in [6.07, 6.45) is 2.57. The fourth-order valence-electron chi connectivity index (χ4n) is 3.90. The van der Waals surface area contributed by atoms with Crippen molar-refractivity contribution < 1.29 is 21.6 Å². The molecule has 8 heteroatoms. The van der Waals surface area contributed by atoms with E-state index in [1.54, 1.807) is 71.6 Å². The Bertz CT molecular complexity index is 1380. The second kappa shape index (κ2) is 8.52. The van der Waals surface area contributed by atoms with Crippen LogP contribution >= 0.6 is 0 Å². The van der Waals surface area contributed by atoms with Gasteiger partial charge in [0.1, 0.15) is 0 Å². The van der Waals surface area contributed by atoms with Gasteiger partial charge in [0, 0.05) is 24.1 Å². The van der Waals surface area contributed by atoms with Crippen LogP contribution in [0.25, 0.3) is 0 Å². The van der Waals surface area contributed by atoms with E-state index in [1.165, 1.54) is 6.07 Å². The van der Waals surface area contributed by atoms with E-state index >= 15 is 0 Å². The molecule has 3 aromatic carbocycles. The Morgan fingerprint density at radius 3 is 2.34 bits per heavy atom. The van der Waals surface area contributed by atoms with Gasteiger partial charge in [-0.25, -0.2) is 16.8 Å². The number of hydrogen-bond donors (Lipinski definition) is 0. The molecule has 0 saturated carbocycles. The van der Waals surface area contributed by atoms with Gasteiger partial charge in [-0.05, 0) is 66.4 Å². The Balaban J connectivity index is 1.62. The molecule has 0 atom stereocenters. The third-order valence-electron chi connectivity index (χ3n) is 5.48. The number of anilines is 1. The number of aryl methyl sites for hydroxylation is 1. The van der Waals surface area contributed by atoms with Crippen LogP contribution in [0.4, 0.5) is 5.69 Å². The van der Waals surface area contributed by atoms with Crippen molar-refractivity contribution >= 4 is 31.3 Å². The predicted octanol–water partition coefficient (Wildman–Crippen LogP) is 3.66. The van der Waals surface area contributed by atoms with Crippen molar-refractivity contribution in [1.82, 2.24) is 0 Å². The molecule has 6 nitrogen and oxygen atoms in total. The summed E-state index contributed by atoms with van der Waals surface area (Å²) >= 11 is 0. The highest BCUT2D eigenvalue weighted by Crippen LogP contribution is 2.31. The summed E-state index contributed by atoms with van der Waals surface area (Å²) in [6, 6.07) is 19.7. The lowest BCUT2D eigenvalue weighted by Crippen LogP contribution is -2.35.